The summed E-state index contributed by atoms with van der Waals surface area (Å²) in [6.07, 6.45) is 3.00. The van der Waals surface area contributed by atoms with Crippen molar-refractivity contribution in [1.29, 1.82) is 0 Å². The molecule has 19 heavy (non-hydrogen) atoms. The van der Waals surface area contributed by atoms with Gasteiger partial charge in [0.15, 0.2) is 5.69 Å². The van der Waals surface area contributed by atoms with E-state index in [4.69, 9.17) is 5.11 Å². The second-order valence-electron chi connectivity index (χ2n) is 4.35. The Morgan fingerprint density at radius 3 is 3.00 bits per heavy atom. The fraction of sp³-hybridized carbons (Fsp3) is 0.417. The average Bonchev–Trinajstić information content (AvgIpc) is 2.85. The molecular formula is C12H15N3O3S. The van der Waals surface area contributed by atoms with Gasteiger partial charge < -0.3 is 15.3 Å². The third-order valence-corrected chi connectivity index (χ3v) is 3.63. The number of nitrogens with zero attached hydrogens (tertiary/aromatic N) is 2. The predicted molar refractivity (Wildman–Crippen MR) is 71.3 cm³/mol. The molecule has 1 aliphatic heterocycles. The van der Waals surface area contributed by atoms with E-state index in [1.807, 2.05) is 6.92 Å². The lowest BCUT2D eigenvalue weighted by Gasteiger charge is -2.26. The van der Waals surface area contributed by atoms with Gasteiger partial charge in [-0.1, -0.05) is 11.6 Å². The number of urea groups is 1. The minimum absolute atomic E-state index is 0.0194. The monoisotopic (exact) mass is 281 g/mol. The van der Waals surface area contributed by atoms with Gasteiger partial charge >= 0.3 is 12.0 Å². The highest BCUT2D eigenvalue weighted by molar-refractivity contribution is 7.09. The van der Waals surface area contributed by atoms with Gasteiger partial charge in [0.25, 0.3) is 0 Å². The Morgan fingerprint density at radius 2 is 2.37 bits per heavy atom. The Morgan fingerprint density at radius 1 is 1.58 bits per heavy atom. The number of hydrogen-bond acceptors (Lipinski definition) is 4. The average molecular weight is 281 g/mol. The smallest absolute Gasteiger partial charge is 0.355 e. The number of rotatable bonds is 3. The summed E-state index contributed by atoms with van der Waals surface area (Å²) < 4.78 is 0. The van der Waals surface area contributed by atoms with Gasteiger partial charge in [-0.05, 0) is 13.3 Å². The molecule has 2 rings (SSSR count). The van der Waals surface area contributed by atoms with E-state index >= 15 is 0 Å². The predicted octanol–water partition coefficient (Wildman–Crippen LogP) is 1.70. The van der Waals surface area contributed by atoms with E-state index in [0.29, 0.717) is 18.1 Å². The Labute approximate surface area is 114 Å². The fourth-order valence-corrected chi connectivity index (χ4v) is 2.55. The Kier molecular flexibility index (Phi) is 4.16. The van der Waals surface area contributed by atoms with Crippen molar-refractivity contribution in [2.75, 3.05) is 13.1 Å². The first kappa shape index (κ1) is 13.5. The first-order valence-electron chi connectivity index (χ1n) is 5.92. The fourth-order valence-electron chi connectivity index (χ4n) is 1.84. The van der Waals surface area contributed by atoms with Crippen molar-refractivity contribution in [2.24, 2.45) is 0 Å². The third-order valence-electron chi connectivity index (χ3n) is 2.78. The van der Waals surface area contributed by atoms with Crippen molar-refractivity contribution in [3.8, 4) is 0 Å². The number of thiazole rings is 1. The van der Waals surface area contributed by atoms with Crippen LogP contribution in [0.3, 0.4) is 0 Å². The minimum atomic E-state index is -1.05. The number of amides is 2. The standard InChI is InChI=1S/C12H15N3O3S/c1-8-3-2-4-15(6-8)12(18)13-5-10-14-9(7-19-10)11(16)17/h3,7H,2,4-6H2,1H3,(H,13,18)(H,16,17). The molecule has 7 heteroatoms. The summed E-state index contributed by atoms with van der Waals surface area (Å²) in [5.41, 5.74) is 1.20. The maximum absolute atomic E-state index is 11.9. The number of aromatic carboxylic acids is 1. The molecule has 0 aromatic carbocycles. The van der Waals surface area contributed by atoms with Crippen molar-refractivity contribution in [1.82, 2.24) is 15.2 Å². The zero-order chi connectivity index (χ0) is 13.8. The zero-order valence-corrected chi connectivity index (χ0v) is 11.4. The largest absolute Gasteiger partial charge is 0.476 e. The van der Waals surface area contributed by atoms with Crippen LogP contribution in [0.25, 0.3) is 0 Å². The normalized spacial score (nSPS) is 15.0. The zero-order valence-electron chi connectivity index (χ0n) is 10.5. The van der Waals surface area contributed by atoms with E-state index in [9.17, 15) is 9.59 Å². The Bertz CT molecular complexity index is 524. The highest BCUT2D eigenvalue weighted by Crippen LogP contribution is 2.11. The SMILES string of the molecule is CC1=CCCN(C(=O)NCc2nc(C(=O)O)cs2)C1. The molecule has 0 aliphatic carbocycles. The molecule has 6 nitrogen and oxygen atoms in total. The van der Waals surface area contributed by atoms with E-state index in [1.165, 1.54) is 22.3 Å². The van der Waals surface area contributed by atoms with Crippen LogP contribution in [0.1, 0.15) is 28.8 Å². The molecule has 1 aromatic rings. The third kappa shape index (κ3) is 3.54. The maximum Gasteiger partial charge on any atom is 0.355 e. The number of carbonyl (C=O) groups excluding carboxylic acids is 1. The van der Waals surface area contributed by atoms with Crippen LogP contribution in [0.4, 0.5) is 4.79 Å². The second-order valence-corrected chi connectivity index (χ2v) is 5.29. The van der Waals surface area contributed by atoms with Gasteiger partial charge in [-0.3, -0.25) is 0 Å². The lowest BCUT2D eigenvalue weighted by Crippen LogP contribution is -2.42. The lowest BCUT2D eigenvalue weighted by molar-refractivity contribution is 0.0691. The van der Waals surface area contributed by atoms with Gasteiger partial charge in [0.1, 0.15) is 5.01 Å². The number of carboxylic acids is 1. The molecule has 0 spiro atoms. The van der Waals surface area contributed by atoms with E-state index in [2.05, 4.69) is 16.4 Å². The van der Waals surface area contributed by atoms with Crippen LogP contribution in [-0.4, -0.2) is 40.1 Å². The number of nitrogens with one attached hydrogen (secondary N) is 1. The summed E-state index contributed by atoms with van der Waals surface area (Å²) >= 11 is 1.23. The van der Waals surface area contributed by atoms with Crippen molar-refractivity contribution in [2.45, 2.75) is 19.9 Å². The van der Waals surface area contributed by atoms with Gasteiger partial charge in [0.2, 0.25) is 0 Å². The molecule has 2 amide bonds. The number of hydrogen-bond donors (Lipinski definition) is 2. The topological polar surface area (TPSA) is 82.5 Å². The molecule has 0 fully saturated rings. The molecular weight excluding hydrogens is 266 g/mol. The van der Waals surface area contributed by atoms with Gasteiger partial charge in [0.05, 0.1) is 6.54 Å². The van der Waals surface area contributed by atoms with Crippen LogP contribution in [0.2, 0.25) is 0 Å². The molecule has 0 atom stereocenters. The molecule has 0 unspecified atom stereocenters. The molecule has 1 aliphatic rings. The van der Waals surface area contributed by atoms with Crippen molar-refractivity contribution >= 4 is 23.3 Å². The molecule has 102 valence electrons. The van der Waals surface area contributed by atoms with Crippen LogP contribution in [0, 0.1) is 0 Å². The number of carbonyl (C=O) groups is 2. The summed E-state index contributed by atoms with van der Waals surface area (Å²) in [7, 11) is 0. The number of carboxylic acid groups (broad SMARTS) is 1. The van der Waals surface area contributed by atoms with Crippen LogP contribution in [-0.2, 0) is 6.54 Å². The van der Waals surface area contributed by atoms with Crippen molar-refractivity contribution in [3.05, 3.63) is 27.7 Å². The Balaban J connectivity index is 1.86. The summed E-state index contributed by atoms with van der Waals surface area (Å²) in [6, 6.07) is -0.139. The van der Waals surface area contributed by atoms with Crippen LogP contribution < -0.4 is 5.32 Å². The highest BCUT2D eigenvalue weighted by atomic mass is 32.1. The minimum Gasteiger partial charge on any atom is -0.476 e. The molecule has 0 saturated heterocycles. The van der Waals surface area contributed by atoms with Gasteiger partial charge in [-0.15, -0.1) is 11.3 Å². The molecule has 2 heterocycles. The van der Waals surface area contributed by atoms with Crippen LogP contribution in [0.15, 0.2) is 17.0 Å². The van der Waals surface area contributed by atoms with Crippen LogP contribution >= 0.6 is 11.3 Å². The molecule has 2 N–H and O–H groups in total. The summed E-state index contributed by atoms with van der Waals surface area (Å²) in [6.45, 7) is 3.61. The first-order valence-corrected chi connectivity index (χ1v) is 6.80. The molecule has 1 aromatic heterocycles. The van der Waals surface area contributed by atoms with E-state index in [0.717, 1.165) is 6.42 Å². The Hall–Kier alpha value is -1.89. The van der Waals surface area contributed by atoms with Crippen LogP contribution in [0.5, 0.6) is 0 Å². The maximum atomic E-state index is 11.9. The summed E-state index contributed by atoms with van der Waals surface area (Å²) in [5.74, 6) is -1.05. The number of aromatic nitrogens is 1. The quantitative estimate of drug-likeness (QED) is 0.826. The van der Waals surface area contributed by atoms with E-state index < -0.39 is 5.97 Å². The summed E-state index contributed by atoms with van der Waals surface area (Å²) in [4.78, 5) is 28.2. The van der Waals surface area contributed by atoms with E-state index in [-0.39, 0.29) is 18.3 Å². The second kappa shape index (κ2) is 5.83. The van der Waals surface area contributed by atoms with Crippen molar-refractivity contribution in [3.63, 3.8) is 0 Å². The van der Waals surface area contributed by atoms with Gasteiger partial charge in [-0.2, -0.15) is 0 Å². The van der Waals surface area contributed by atoms with Crippen molar-refractivity contribution < 1.29 is 14.7 Å². The molecule has 0 radical (unpaired) electrons. The molecule has 0 bridgehead atoms. The molecule has 0 saturated carbocycles. The lowest BCUT2D eigenvalue weighted by atomic mass is 10.1. The first-order chi connectivity index (χ1) is 9.06. The van der Waals surface area contributed by atoms with Gasteiger partial charge in [-0.25, -0.2) is 14.6 Å². The summed E-state index contributed by atoms with van der Waals surface area (Å²) in [5, 5.41) is 13.6. The highest BCUT2D eigenvalue weighted by Gasteiger charge is 2.16. The van der Waals surface area contributed by atoms with E-state index in [1.54, 1.807) is 4.90 Å². The van der Waals surface area contributed by atoms with Gasteiger partial charge in [0, 0.05) is 18.5 Å².